The third kappa shape index (κ3) is 6.00. The topological polar surface area (TPSA) is 65.5 Å². The number of carbonyl (C=O) groups is 2. The lowest BCUT2D eigenvalue weighted by Crippen LogP contribution is -2.50. The van der Waals surface area contributed by atoms with Gasteiger partial charge in [0, 0.05) is 38.3 Å². The van der Waals surface area contributed by atoms with Gasteiger partial charge in [-0.15, -0.1) is 11.3 Å². The molecule has 1 aliphatic rings. The van der Waals surface area contributed by atoms with Crippen LogP contribution in [0.4, 0.5) is 14.5 Å². The summed E-state index contributed by atoms with van der Waals surface area (Å²) in [7, 11) is 0. The molecule has 0 saturated carbocycles. The van der Waals surface area contributed by atoms with Crippen LogP contribution in [0.2, 0.25) is 0 Å². The molecule has 4 rings (SSSR count). The van der Waals surface area contributed by atoms with Crippen molar-refractivity contribution in [2.45, 2.75) is 13.3 Å². The van der Waals surface area contributed by atoms with Crippen LogP contribution >= 0.6 is 11.3 Å². The number of aryl methyl sites for hydroxylation is 1. The third-order valence-corrected chi connectivity index (χ3v) is 6.60. The molecular formula is C24H24F2N4O2S. The predicted molar refractivity (Wildman–Crippen MR) is 123 cm³/mol. The largest absolute Gasteiger partial charge is 0.335 e. The number of anilines is 1. The quantitative estimate of drug-likeness (QED) is 0.597. The molecule has 0 radical (unpaired) electrons. The van der Waals surface area contributed by atoms with Gasteiger partial charge in [-0.05, 0) is 48.9 Å². The van der Waals surface area contributed by atoms with E-state index >= 15 is 0 Å². The number of benzene rings is 2. The van der Waals surface area contributed by atoms with Gasteiger partial charge in [0.15, 0.2) is 0 Å². The average Bonchev–Trinajstić information content (AvgIpc) is 3.17. The number of hydrogen-bond donors (Lipinski definition) is 1. The van der Waals surface area contributed by atoms with Crippen molar-refractivity contribution in [3.63, 3.8) is 0 Å². The lowest BCUT2D eigenvalue weighted by Gasteiger charge is -2.34. The van der Waals surface area contributed by atoms with Crippen molar-refractivity contribution in [2.24, 2.45) is 0 Å². The maximum Gasteiger partial charge on any atom is 0.265 e. The van der Waals surface area contributed by atoms with E-state index in [1.165, 1.54) is 47.7 Å². The van der Waals surface area contributed by atoms with Crippen LogP contribution in [0.25, 0.3) is 0 Å². The van der Waals surface area contributed by atoms with Crippen LogP contribution in [0, 0.1) is 18.6 Å². The Morgan fingerprint density at radius 1 is 0.970 bits per heavy atom. The summed E-state index contributed by atoms with van der Waals surface area (Å²) in [5.41, 5.74) is 2.19. The Balaban J connectivity index is 1.29. The molecule has 1 N–H and O–H groups in total. The van der Waals surface area contributed by atoms with Gasteiger partial charge in [-0.2, -0.15) is 0 Å². The molecule has 172 valence electrons. The zero-order valence-corrected chi connectivity index (χ0v) is 19.0. The highest BCUT2D eigenvalue weighted by molar-refractivity contribution is 7.13. The fourth-order valence-electron chi connectivity index (χ4n) is 3.69. The zero-order chi connectivity index (χ0) is 23.4. The number of nitrogens with one attached hydrogen (secondary N) is 1. The average molecular weight is 471 g/mol. The molecule has 0 spiro atoms. The van der Waals surface area contributed by atoms with Crippen molar-refractivity contribution < 1.29 is 18.4 Å². The predicted octanol–water partition coefficient (Wildman–Crippen LogP) is 3.72. The minimum atomic E-state index is -0.354. The molecule has 1 aromatic heterocycles. The number of amides is 2. The molecule has 33 heavy (non-hydrogen) atoms. The molecule has 1 aliphatic heterocycles. The molecule has 1 saturated heterocycles. The van der Waals surface area contributed by atoms with Gasteiger partial charge in [-0.25, -0.2) is 13.8 Å². The summed E-state index contributed by atoms with van der Waals surface area (Å²) in [5.74, 6) is -0.861. The van der Waals surface area contributed by atoms with Crippen LogP contribution in [0.3, 0.4) is 0 Å². The number of carbonyl (C=O) groups excluding carboxylic acids is 2. The van der Waals surface area contributed by atoms with Gasteiger partial charge in [0.1, 0.15) is 16.5 Å². The Kier molecular flexibility index (Phi) is 7.10. The van der Waals surface area contributed by atoms with Crippen molar-refractivity contribution in [1.82, 2.24) is 14.8 Å². The molecular weight excluding hydrogens is 446 g/mol. The number of thiazole rings is 1. The van der Waals surface area contributed by atoms with Crippen LogP contribution in [-0.4, -0.2) is 59.3 Å². The summed E-state index contributed by atoms with van der Waals surface area (Å²) in [6, 6.07) is 11.9. The summed E-state index contributed by atoms with van der Waals surface area (Å²) in [4.78, 5) is 34.2. The maximum absolute atomic E-state index is 13.1. The fourth-order valence-corrected chi connectivity index (χ4v) is 4.76. The Labute approximate surface area is 194 Å². The number of piperazine rings is 1. The first-order chi connectivity index (χ1) is 15.9. The number of nitrogens with zero attached hydrogens (tertiary/aromatic N) is 3. The molecule has 2 heterocycles. The third-order valence-electron chi connectivity index (χ3n) is 5.46. The molecule has 0 atom stereocenters. The van der Waals surface area contributed by atoms with Gasteiger partial charge in [-0.3, -0.25) is 14.5 Å². The second-order valence-electron chi connectivity index (χ2n) is 7.95. The van der Waals surface area contributed by atoms with E-state index in [0.29, 0.717) is 48.9 Å². The SMILES string of the molecule is Cc1nc(Cc2ccc(F)cc2)sc1C(=O)N1CCN(CC(=O)Nc2ccc(F)cc2)CC1. The minimum absolute atomic E-state index is 0.0502. The molecule has 3 aromatic rings. The Morgan fingerprint density at radius 3 is 2.21 bits per heavy atom. The van der Waals surface area contributed by atoms with Gasteiger partial charge in [-0.1, -0.05) is 12.1 Å². The summed E-state index contributed by atoms with van der Waals surface area (Å²) in [5, 5.41) is 3.57. The summed E-state index contributed by atoms with van der Waals surface area (Å²) in [6.45, 7) is 4.25. The van der Waals surface area contributed by atoms with Crippen molar-refractivity contribution in [3.05, 3.63) is 81.3 Å². The van der Waals surface area contributed by atoms with Gasteiger partial charge in [0.2, 0.25) is 5.91 Å². The molecule has 9 heteroatoms. The number of halogens is 2. The van der Waals surface area contributed by atoms with E-state index in [9.17, 15) is 18.4 Å². The van der Waals surface area contributed by atoms with Gasteiger partial charge >= 0.3 is 0 Å². The normalized spacial score (nSPS) is 14.3. The molecule has 1 fully saturated rings. The highest BCUT2D eigenvalue weighted by Gasteiger charge is 2.26. The second kappa shape index (κ2) is 10.2. The van der Waals surface area contributed by atoms with Crippen molar-refractivity contribution in [3.8, 4) is 0 Å². The van der Waals surface area contributed by atoms with E-state index in [2.05, 4.69) is 10.3 Å². The number of hydrogen-bond acceptors (Lipinski definition) is 5. The van der Waals surface area contributed by atoms with E-state index < -0.39 is 0 Å². The van der Waals surface area contributed by atoms with Crippen molar-refractivity contribution >= 4 is 28.8 Å². The lowest BCUT2D eigenvalue weighted by molar-refractivity contribution is -0.117. The molecule has 0 aliphatic carbocycles. The van der Waals surface area contributed by atoms with Crippen LogP contribution in [0.5, 0.6) is 0 Å². The van der Waals surface area contributed by atoms with Crippen LogP contribution in [0.1, 0.15) is 25.9 Å². The summed E-state index contributed by atoms with van der Waals surface area (Å²) >= 11 is 1.37. The Morgan fingerprint density at radius 2 is 1.58 bits per heavy atom. The number of rotatable bonds is 6. The van der Waals surface area contributed by atoms with Crippen LogP contribution < -0.4 is 5.32 Å². The standard InChI is InChI=1S/C24H24F2N4O2S/c1-16-23(33-22(27-16)14-17-2-4-18(25)5-3-17)24(32)30-12-10-29(11-13-30)15-21(31)28-20-8-6-19(26)7-9-20/h2-9H,10-15H2,1H3,(H,28,31). The molecule has 6 nitrogen and oxygen atoms in total. The van der Waals surface area contributed by atoms with Crippen molar-refractivity contribution in [1.29, 1.82) is 0 Å². The highest BCUT2D eigenvalue weighted by atomic mass is 32.1. The number of aromatic nitrogens is 1. The fraction of sp³-hybridized carbons (Fsp3) is 0.292. The first kappa shape index (κ1) is 23.0. The van der Waals surface area contributed by atoms with Crippen LogP contribution in [0.15, 0.2) is 48.5 Å². The Bertz CT molecular complexity index is 1120. The highest BCUT2D eigenvalue weighted by Crippen LogP contribution is 2.23. The zero-order valence-electron chi connectivity index (χ0n) is 18.2. The first-order valence-corrected chi connectivity index (χ1v) is 11.5. The van der Waals surface area contributed by atoms with Gasteiger partial charge in [0.05, 0.1) is 17.2 Å². The van der Waals surface area contributed by atoms with E-state index in [1.54, 1.807) is 17.0 Å². The summed E-state index contributed by atoms with van der Waals surface area (Å²) in [6.07, 6.45) is 0.552. The monoisotopic (exact) mass is 470 g/mol. The Hall–Kier alpha value is -3.17. The van der Waals surface area contributed by atoms with Gasteiger partial charge in [0.25, 0.3) is 5.91 Å². The second-order valence-corrected chi connectivity index (χ2v) is 9.03. The van der Waals surface area contributed by atoms with E-state index in [-0.39, 0.29) is 30.0 Å². The van der Waals surface area contributed by atoms with Crippen LogP contribution in [-0.2, 0) is 11.2 Å². The van der Waals surface area contributed by atoms with E-state index in [0.717, 1.165) is 10.6 Å². The van der Waals surface area contributed by atoms with E-state index in [4.69, 9.17) is 0 Å². The first-order valence-electron chi connectivity index (χ1n) is 10.6. The van der Waals surface area contributed by atoms with Crippen molar-refractivity contribution in [2.75, 3.05) is 38.0 Å². The lowest BCUT2D eigenvalue weighted by atomic mass is 10.1. The van der Waals surface area contributed by atoms with Gasteiger partial charge < -0.3 is 10.2 Å². The smallest absolute Gasteiger partial charge is 0.265 e. The molecule has 2 amide bonds. The van der Waals surface area contributed by atoms with E-state index in [1.807, 2.05) is 11.8 Å². The summed E-state index contributed by atoms with van der Waals surface area (Å²) < 4.78 is 26.1. The molecule has 0 bridgehead atoms. The maximum atomic E-state index is 13.1. The molecule has 2 aromatic carbocycles. The molecule has 0 unspecified atom stereocenters. The minimum Gasteiger partial charge on any atom is -0.335 e.